The molecular formula is C74H91BN2S. The summed E-state index contributed by atoms with van der Waals surface area (Å²) in [7, 11) is 0. The Morgan fingerprint density at radius 3 is 1.54 bits per heavy atom. The Labute approximate surface area is 476 Å². The van der Waals surface area contributed by atoms with Crippen molar-refractivity contribution >= 4 is 68.6 Å². The van der Waals surface area contributed by atoms with E-state index < -0.39 is 0 Å². The topological polar surface area (TPSA) is 6.48 Å². The maximum atomic E-state index is 2.91. The molecule has 0 radical (unpaired) electrons. The standard InChI is InChI=1S/C74H91BN2S/c1-66(2,3)47-37-59-62-60(38-47)77(57-42-54-52(69(8,9)30-32-71(54,12)13)40-49(57)46-25-24-44-22-20-21-23-45(44)36-46)58-43-55-53(70(10,11)31-33-72(55,14)15)41-56(58)75(62)65-63(61-64(78-65)74(18,19)35-34-73(61,16)17)76(59)48-26-27-50-51(39-48)68(6,7)29-28-67(50,4)5/h20-27,36-43,61,64H,28-35H2,1-19H3. The van der Waals surface area contributed by atoms with Crippen LogP contribution < -0.4 is 20.7 Å². The number of allylic oxidation sites excluding steroid dienone is 1. The van der Waals surface area contributed by atoms with E-state index in [0.29, 0.717) is 11.2 Å². The van der Waals surface area contributed by atoms with Crippen LogP contribution in [0.25, 0.3) is 21.9 Å². The maximum absolute atomic E-state index is 2.91. The van der Waals surface area contributed by atoms with Crippen LogP contribution in [0.4, 0.5) is 28.4 Å². The molecule has 2 atom stereocenters. The van der Waals surface area contributed by atoms with Gasteiger partial charge in [0.2, 0.25) is 0 Å². The van der Waals surface area contributed by atoms with Crippen molar-refractivity contribution in [3.63, 3.8) is 0 Å². The minimum atomic E-state index is -0.126. The fraction of sp³-hybridized carbons (Fsp3) is 0.514. The second kappa shape index (κ2) is 16.5. The number of benzene rings is 6. The summed E-state index contributed by atoms with van der Waals surface area (Å²) in [5.74, 6) is 0.386. The van der Waals surface area contributed by atoms with Gasteiger partial charge in [-0.2, -0.15) is 0 Å². The number of hydrogen-bond donors (Lipinski definition) is 0. The van der Waals surface area contributed by atoms with Crippen molar-refractivity contribution in [1.29, 1.82) is 0 Å². The molecule has 0 saturated heterocycles. The highest BCUT2D eigenvalue weighted by atomic mass is 32.2. The lowest BCUT2D eigenvalue weighted by atomic mass is 9.35. The zero-order valence-electron chi connectivity index (χ0n) is 51.4. The molecule has 406 valence electrons. The van der Waals surface area contributed by atoms with Gasteiger partial charge >= 0.3 is 0 Å². The van der Waals surface area contributed by atoms with E-state index in [2.05, 4.69) is 250 Å². The van der Waals surface area contributed by atoms with E-state index in [1.807, 2.05) is 0 Å². The van der Waals surface area contributed by atoms with Crippen molar-refractivity contribution in [3.05, 3.63) is 147 Å². The van der Waals surface area contributed by atoms with Crippen molar-refractivity contribution < 1.29 is 0 Å². The lowest BCUT2D eigenvalue weighted by Gasteiger charge is -2.52. The number of anilines is 5. The van der Waals surface area contributed by atoms with E-state index in [9.17, 15) is 0 Å². The van der Waals surface area contributed by atoms with Gasteiger partial charge in [-0.1, -0.05) is 180 Å². The molecule has 3 aliphatic heterocycles. The minimum absolute atomic E-state index is 0.0128. The van der Waals surface area contributed by atoms with Crippen LogP contribution in [-0.2, 0) is 37.9 Å². The molecule has 6 aromatic carbocycles. The summed E-state index contributed by atoms with van der Waals surface area (Å²) in [4.78, 5) is 7.39. The smallest absolute Gasteiger partial charge is 0.259 e. The van der Waals surface area contributed by atoms with E-state index in [4.69, 9.17) is 0 Å². The molecule has 1 saturated carbocycles. The lowest BCUT2D eigenvalue weighted by molar-refractivity contribution is 0.0881. The molecule has 78 heavy (non-hydrogen) atoms. The van der Waals surface area contributed by atoms with Gasteiger partial charge in [-0.3, -0.25) is 0 Å². The third-order valence-electron chi connectivity index (χ3n) is 22.3. The minimum Gasteiger partial charge on any atom is -0.314 e. The van der Waals surface area contributed by atoms with Crippen LogP contribution in [0.2, 0.25) is 0 Å². The monoisotopic (exact) mass is 1050 g/mol. The summed E-state index contributed by atoms with van der Waals surface area (Å²) >= 11 is 2.30. The highest BCUT2D eigenvalue weighted by Crippen LogP contribution is 2.66. The summed E-state index contributed by atoms with van der Waals surface area (Å²) in [6, 6.07) is 40.4. The van der Waals surface area contributed by atoms with E-state index in [-0.39, 0.29) is 55.4 Å². The quantitative estimate of drug-likeness (QED) is 0.163. The molecule has 0 bridgehead atoms. The summed E-state index contributed by atoms with van der Waals surface area (Å²) in [6.07, 6.45) is 9.59. The normalized spacial score (nSPS) is 24.8. The van der Waals surface area contributed by atoms with E-state index in [1.54, 1.807) is 16.1 Å². The molecule has 2 nitrogen and oxygen atoms in total. The van der Waals surface area contributed by atoms with E-state index in [0.717, 1.165) is 0 Å². The fourth-order valence-electron chi connectivity index (χ4n) is 16.4. The summed E-state index contributed by atoms with van der Waals surface area (Å²) in [6.45, 7) is 48.2. The summed E-state index contributed by atoms with van der Waals surface area (Å²) < 4.78 is 0. The van der Waals surface area contributed by atoms with Gasteiger partial charge in [0.15, 0.2) is 0 Å². The predicted octanol–water partition coefficient (Wildman–Crippen LogP) is 19.7. The summed E-state index contributed by atoms with van der Waals surface area (Å²) in [5.41, 5.74) is 25.1. The molecule has 6 aromatic rings. The first-order valence-electron chi connectivity index (χ1n) is 30.4. The zero-order valence-corrected chi connectivity index (χ0v) is 52.2. The van der Waals surface area contributed by atoms with Crippen molar-refractivity contribution in [2.75, 3.05) is 9.80 Å². The van der Waals surface area contributed by atoms with Gasteiger partial charge < -0.3 is 9.80 Å². The van der Waals surface area contributed by atoms with Gasteiger partial charge in [-0.25, -0.2) is 0 Å². The van der Waals surface area contributed by atoms with Crippen LogP contribution in [0, 0.1) is 16.7 Å². The Morgan fingerprint density at radius 2 is 0.949 bits per heavy atom. The van der Waals surface area contributed by atoms with Crippen molar-refractivity contribution in [2.45, 2.75) is 226 Å². The van der Waals surface area contributed by atoms with Crippen molar-refractivity contribution in [2.24, 2.45) is 16.7 Å². The fourth-order valence-corrected chi connectivity index (χ4v) is 18.5. The Balaban J connectivity index is 1.20. The van der Waals surface area contributed by atoms with E-state index >= 15 is 0 Å². The SMILES string of the molecule is CC(C)(C)c1cc2c3c(c1)N(c1cc4c(cc1-c1ccc5ccccc5c1)C(C)(C)CCC4(C)C)c1cc4c(cc1B3C1=C(C3C(S1)C(C)(C)CCC3(C)C)N2c1ccc2c(c1)C(C)(C)CCC2(C)C)C(C)(C)CCC4(C)C. The zero-order chi connectivity index (χ0) is 55.6. The molecule has 4 aliphatic carbocycles. The third-order valence-corrected chi connectivity index (χ3v) is 24.2. The maximum Gasteiger partial charge on any atom is 0.259 e. The van der Waals surface area contributed by atoms with Crippen LogP contribution in [0.1, 0.15) is 222 Å². The molecule has 0 spiro atoms. The first-order valence-corrected chi connectivity index (χ1v) is 31.3. The molecule has 0 N–H and O–H groups in total. The Kier molecular flexibility index (Phi) is 11.2. The summed E-state index contributed by atoms with van der Waals surface area (Å²) in [5, 5.41) is 3.04. The average Bonchev–Trinajstić information content (AvgIpc) is 1.90. The first kappa shape index (κ1) is 52.7. The number of thioether (sulfide) groups is 1. The second-order valence-electron chi connectivity index (χ2n) is 32.5. The van der Waals surface area contributed by atoms with Crippen molar-refractivity contribution in [3.8, 4) is 11.1 Å². The van der Waals surface area contributed by atoms with Crippen LogP contribution in [-0.4, -0.2) is 12.0 Å². The Hall–Kier alpha value is -4.67. The lowest BCUT2D eigenvalue weighted by Crippen LogP contribution is -2.56. The molecule has 7 aliphatic rings. The number of fused-ring (bicyclic) bond motifs is 9. The van der Waals surface area contributed by atoms with Crippen LogP contribution in [0.3, 0.4) is 0 Å². The van der Waals surface area contributed by atoms with Crippen LogP contribution >= 0.6 is 11.8 Å². The third kappa shape index (κ3) is 7.68. The van der Waals surface area contributed by atoms with Gasteiger partial charge in [-0.15, -0.1) is 11.8 Å². The first-order chi connectivity index (χ1) is 36.2. The average molecular weight is 1050 g/mol. The van der Waals surface area contributed by atoms with Crippen LogP contribution in [0.15, 0.2) is 108 Å². The number of hydrogen-bond acceptors (Lipinski definition) is 3. The molecule has 3 heterocycles. The van der Waals surface area contributed by atoms with Gasteiger partial charge in [0, 0.05) is 45.2 Å². The molecule has 13 rings (SSSR count). The Morgan fingerprint density at radius 1 is 0.449 bits per heavy atom. The van der Waals surface area contributed by atoms with Crippen molar-refractivity contribution in [1.82, 2.24) is 0 Å². The molecule has 4 heteroatoms. The number of nitrogens with zero attached hydrogens (tertiary/aromatic N) is 2. The largest absolute Gasteiger partial charge is 0.314 e. The molecule has 0 amide bonds. The second-order valence-corrected chi connectivity index (χ2v) is 33.7. The molecule has 2 unspecified atom stereocenters. The molecule has 1 fully saturated rings. The van der Waals surface area contributed by atoms with E-state index in [1.165, 1.54) is 146 Å². The van der Waals surface area contributed by atoms with Crippen LogP contribution in [0.5, 0.6) is 0 Å². The highest BCUT2D eigenvalue weighted by Gasteiger charge is 2.60. The van der Waals surface area contributed by atoms with Gasteiger partial charge in [0.25, 0.3) is 6.71 Å². The predicted molar refractivity (Wildman–Crippen MR) is 341 cm³/mol. The van der Waals surface area contributed by atoms with Gasteiger partial charge in [0.1, 0.15) is 0 Å². The molecule has 0 aromatic heterocycles. The molecular weight excluding hydrogens is 960 g/mol. The highest BCUT2D eigenvalue weighted by molar-refractivity contribution is 8.06. The van der Waals surface area contributed by atoms with Gasteiger partial charge in [-0.05, 0) is 220 Å². The Bertz CT molecular complexity index is 3580. The van der Waals surface area contributed by atoms with Gasteiger partial charge in [0.05, 0.1) is 5.69 Å². The number of rotatable bonds is 3.